The Morgan fingerprint density at radius 3 is 2.21 bits per heavy atom. The maximum absolute atomic E-state index is 2.58. The van der Waals surface area contributed by atoms with Crippen molar-refractivity contribution in [2.45, 2.75) is 57.5 Å². The molecular formula is C17H26N2. The van der Waals surface area contributed by atoms with Gasteiger partial charge in [-0.1, -0.05) is 24.3 Å². The highest BCUT2D eigenvalue weighted by molar-refractivity contribution is 5.36. The van der Waals surface area contributed by atoms with E-state index in [2.05, 4.69) is 62.1 Å². The van der Waals surface area contributed by atoms with Crippen LogP contribution in [0.3, 0.4) is 0 Å². The second-order valence-electron chi connectivity index (χ2n) is 7.10. The molecule has 0 aromatic heterocycles. The molecule has 1 heterocycles. The molecule has 3 rings (SSSR count). The van der Waals surface area contributed by atoms with Gasteiger partial charge in [0.05, 0.1) is 6.04 Å². The Labute approximate surface area is 117 Å². The average Bonchev–Trinajstić information content (AvgIpc) is 3.11. The van der Waals surface area contributed by atoms with Gasteiger partial charge in [-0.15, -0.1) is 0 Å². The molecule has 0 spiro atoms. The molecule has 0 N–H and O–H groups in total. The van der Waals surface area contributed by atoms with Crippen LogP contribution in [-0.4, -0.2) is 29.1 Å². The van der Waals surface area contributed by atoms with Gasteiger partial charge in [0.1, 0.15) is 0 Å². The summed E-state index contributed by atoms with van der Waals surface area (Å²) < 4.78 is 0. The van der Waals surface area contributed by atoms with Gasteiger partial charge in [0, 0.05) is 19.1 Å². The van der Waals surface area contributed by atoms with Crippen molar-refractivity contribution in [3.8, 4) is 0 Å². The van der Waals surface area contributed by atoms with Crippen LogP contribution < -0.4 is 0 Å². The second-order valence-corrected chi connectivity index (χ2v) is 7.10. The minimum atomic E-state index is 0.187. The lowest BCUT2D eigenvalue weighted by atomic mass is 9.93. The summed E-state index contributed by atoms with van der Waals surface area (Å²) in [5.41, 5.74) is 3.37. The zero-order chi connectivity index (χ0) is 13.6. The summed E-state index contributed by atoms with van der Waals surface area (Å²) in [5.74, 6) is 0.837. The predicted molar refractivity (Wildman–Crippen MR) is 80.0 cm³/mol. The molecule has 1 saturated heterocycles. The average molecular weight is 258 g/mol. The molecule has 2 aliphatic rings. The first-order valence-corrected chi connectivity index (χ1v) is 7.57. The van der Waals surface area contributed by atoms with Gasteiger partial charge in [-0.05, 0) is 57.1 Å². The van der Waals surface area contributed by atoms with E-state index in [4.69, 9.17) is 0 Å². The Hall–Kier alpha value is -0.860. The van der Waals surface area contributed by atoms with Crippen LogP contribution in [0.2, 0.25) is 0 Å². The third-order valence-electron chi connectivity index (χ3n) is 4.45. The Bertz CT molecular complexity index is 457. The summed E-state index contributed by atoms with van der Waals surface area (Å²) >= 11 is 0. The highest BCUT2D eigenvalue weighted by Gasteiger charge is 2.39. The van der Waals surface area contributed by atoms with Crippen molar-refractivity contribution < 1.29 is 0 Å². The summed E-state index contributed by atoms with van der Waals surface area (Å²) in [7, 11) is 2.23. The number of hydrazine groups is 1. The third kappa shape index (κ3) is 2.44. The molecule has 0 bridgehead atoms. The minimum Gasteiger partial charge on any atom is -0.244 e. The zero-order valence-electron chi connectivity index (χ0n) is 12.7. The topological polar surface area (TPSA) is 6.48 Å². The molecule has 1 aromatic rings. The molecule has 0 radical (unpaired) electrons. The third-order valence-corrected chi connectivity index (χ3v) is 4.45. The van der Waals surface area contributed by atoms with Crippen LogP contribution in [0.15, 0.2) is 24.3 Å². The van der Waals surface area contributed by atoms with Crippen molar-refractivity contribution in [1.29, 1.82) is 0 Å². The standard InChI is InChI=1S/C17H26N2/c1-17(2,3)19-16(11-12-18(19)4)15-8-6-5-7-14(15)13-9-10-13/h5-8,13,16H,9-12H2,1-4H3. The molecule has 19 heavy (non-hydrogen) atoms. The van der Waals surface area contributed by atoms with Crippen LogP contribution in [0.25, 0.3) is 0 Å². The van der Waals surface area contributed by atoms with E-state index in [9.17, 15) is 0 Å². The number of hydrogen-bond acceptors (Lipinski definition) is 2. The zero-order valence-corrected chi connectivity index (χ0v) is 12.7. The molecule has 1 unspecified atom stereocenters. The molecule has 2 nitrogen and oxygen atoms in total. The lowest BCUT2D eigenvalue weighted by Crippen LogP contribution is -2.48. The fourth-order valence-corrected chi connectivity index (χ4v) is 3.62. The van der Waals surface area contributed by atoms with Crippen molar-refractivity contribution in [2.75, 3.05) is 13.6 Å². The van der Waals surface area contributed by atoms with E-state index in [1.165, 1.54) is 25.8 Å². The lowest BCUT2D eigenvalue weighted by Gasteiger charge is -2.41. The largest absolute Gasteiger partial charge is 0.244 e. The van der Waals surface area contributed by atoms with Gasteiger partial charge in [-0.2, -0.15) is 0 Å². The summed E-state index contributed by atoms with van der Waals surface area (Å²) in [5, 5.41) is 4.99. The fraction of sp³-hybridized carbons (Fsp3) is 0.647. The Balaban J connectivity index is 1.97. The second kappa shape index (κ2) is 4.60. The molecule has 1 aliphatic heterocycles. The maximum Gasteiger partial charge on any atom is 0.0516 e. The number of benzene rings is 1. The van der Waals surface area contributed by atoms with Gasteiger partial charge in [0.2, 0.25) is 0 Å². The number of hydrogen-bond donors (Lipinski definition) is 0. The van der Waals surface area contributed by atoms with Crippen molar-refractivity contribution in [2.24, 2.45) is 0 Å². The van der Waals surface area contributed by atoms with Crippen molar-refractivity contribution >= 4 is 0 Å². The van der Waals surface area contributed by atoms with Crippen LogP contribution in [0.5, 0.6) is 0 Å². The van der Waals surface area contributed by atoms with E-state index in [1.807, 2.05) is 0 Å². The van der Waals surface area contributed by atoms with E-state index >= 15 is 0 Å². The van der Waals surface area contributed by atoms with Crippen LogP contribution in [0, 0.1) is 0 Å². The quantitative estimate of drug-likeness (QED) is 0.792. The normalized spacial score (nSPS) is 26.0. The fourth-order valence-electron chi connectivity index (χ4n) is 3.62. The SMILES string of the molecule is CN1CCC(c2ccccc2C2CC2)N1C(C)(C)C. The molecule has 1 aromatic carbocycles. The first-order valence-electron chi connectivity index (χ1n) is 7.57. The van der Waals surface area contributed by atoms with Gasteiger partial charge >= 0.3 is 0 Å². The van der Waals surface area contributed by atoms with Crippen LogP contribution in [-0.2, 0) is 0 Å². The van der Waals surface area contributed by atoms with Crippen molar-refractivity contribution in [1.82, 2.24) is 10.0 Å². The Kier molecular flexibility index (Phi) is 3.18. The highest BCUT2D eigenvalue weighted by atomic mass is 15.7. The highest BCUT2D eigenvalue weighted by Crippen LogP contribution is 2.46. The van der Waals surface area contributed by atoms with Gasteiger partial charge in [-0.25, -0.2) is 10.0 Å². The van der Waals surface area contributed by atoms with Crippen molar-refractivity contribution in [3.05, 3.63) is 35.4 Å². The molecule has 1 aliphatic carbocycles. The molecule has 104 valence electrons. The van der Waals surface area contributed by atoms with Gasteiger partial charge in [0.25, 0.3) is 0 Å². The first-order chi connectivity index (χ1) is 8.98. The molecule has 2 heteroatoms. The lowest BCUT2D eigenvalue weighted by molar-refractivity contribution is -0.0590. The smallest absolute Gasteiger partial charge is 0.0516 e. The van der Waals surface area contributed by atoms with Gasteiger partial charge < -0.3 is 0 Å². The summed E-state index contributed by atoms with van der Waals surface area (Å²) in [6.45, 7) is 8.13. The molecule has 1 atom stereocenters. The van der Waals surface area contributed by atoms with E-state index < -0.39 is 0 Å². The Morgan fingerprint density at radius 1 is 1.00 bits per heavy atom. The Morgan fingerprint density at radius 2 is 1.63 bits per heavy atom. The van der Waals surface area contributed by atoms with E-state index in [1.54, 1.807) is 11.1 Å². The molecule has 1 saturated carbocycles. The van der Waals surface area contributed by atoms with E-state index in [0.29, 0.717) is 6.04 Å². The van der Waals surface area contributed by atoms with Crippen molar-refractivity contribution in [3.63, 3.8) is 0 Å². The van der Waals surface area contributed by atoms with Gasteiger partial charge in [0.15, 0.2) is 0 Å². The van der Waals surface area contributed by atoms with Crippen LogP contribution in [0.1, 0.15) is 63.1 Å². The summed E-state index contributed by atoms with van der Waals surface area (Å²) in [4.78, 5) is 0. The van der Waals surface area contributed by atoms with Gasteiger partial charge in [-0.3, -0.25) is 0 Å². The number of rotatable bonds is 2. The number of nitrogens with zero attached hydrogens (tertiary/aromatic N) is 2. The van der Waals surface area contributed by atoms with Crippen LogP contribution >= 0.6 is 0 Å². The van der Waals surface area contributed by atoms with E-state index in [0.717, 1.165) is 5.92 Å². The first kappa shape index (κ1) is 13.1. The van der Waals surface area contributed by atoms with Crippen LogP contribution in [0.4, 0.5) is 0 Å². The summed E-state index contributed by atoms with van der Waals surface area (Å²) in [6.07, 6.45) is 4.02. The maximum atomic E-state index is 2.58. The summed E-state index contributed by atoms with van der Waals surface area (Å²) in [6, 6.07) is 9.68. The van der Waals surface area contributed by atoms with E-state index in [-0.39, 0.29) is 5.54 Å². The molecule has 0 amide bonds. The minimum absolute atomic E-state index is 0.187. The predicted octanol–water partition coefficient (Wildman–Crippen LogP) is 3.96. The monoisotopic (exact) mass is 258 g/mol. The molecular weight excluding hydrogens is 232 g/mol. The molecule has 2 fully saturated rings.